The van der Waals surface area contributed by atoms with Crippen LogP contribution in [0.4, 0.5) is 22.7 Å². The molecule has 8 aromatic rings. The normalized spacial score (nSPS) is 14.3. The monoisotopic (exact) mass is 2340 g/mol. The fourth-order valence-corrected chi connectivity index (χ4v) is 13.6. The zero-order valence-electron chi connectivity index (χ0n) is 67.1. The molecule has 0 bridgehead atoms. The molecule has 4 aliphatic carbocycles. The summed E-state index contributed by atoms with van der Waals surface area (Å²) in [5.41, 5.74) is 8.36. The van der Waals surface area contributed by atoms with Crippen molar-refractivity contribution in [2.24, 2.45) is 23.7 Å². The molecule has 4 atom stereocenters. The molecule has 0 spiro atoms. The predicted molar refractivity (Wildman–Crippen MR) is 466 cm³/mol. The molecule has 4 aliphatic rings. The van der Waals surface area contributed by atoms with E-state index in [1.807, 2.05) is 110 Å². The van der Waals surface area contributed by atoms with Crippen LogP contribution in [0.2, 0.25) is 20.1 Å². The van der Waals surface area contributed by atoms with E-state index in [-0.39, 0.29) is 126 Å². The van der Waals surface area contributed by atoms with Gasteiger partial charge in [-0.25, -0.2) is 0 Å². The van der Waals surface area contributed by atoms with Gasteiger partial charge in [0.05, 0.1) is 22.1 Å². The number of fused-ring (bicyclic) bond motifs is 4. The Bertz CT molecular complexity index is 3540. The fourth-order valence-electron chi connectivity index (χ4n) is 13.0. The van der Waals surface area contributed by atoms with Crippen LogP contribution in [0.5, 0.6) is 0 Å². The first-order valence-electron chi connectivity index (χ1n) is 33.2. The summed E-state index contributed by atoms with van der Waals surface area (Å²) >= 11 is 24.1. The molecule has 0 saturated heterocycles. The Kier molecular flexibility index (Phi) is 102. The number of benzene rings is 4. The largest absolute Gasteiger partial charge is 0.545 e. The summed E-state index contributed by atoms with van der Waals surface area (Å²) in [5, 5.41) is 29.0. The average Bonchev–Trinajstić information content (AvgIpc) is 1.17. The number of hydrogen-bond donors (Lipinski definition) is 6. The van der Waals surface area contributed by atoms with Crippen LogP contribution in [0.3, 0.4) is 0 Å². The second kappa shape index (κ2) is 86.4. The molecule has 6 N–H and O–H groups in total. The van der Waals surface area contributed by atoms with Crippen LogP contribution in [-0.4, -0.2) is 190 Å². The van der Waals surface area contributed by atoms with Crippen molar-refractivity contribution in [3.05, 3.63) is 186 Å². The van der Waals surface area contributed by atoms with Crippen molar-refractivity contribution in [3.63, 3.8) is 0 Å². The number of halogens is 4. The first-order valence-corrected chi connectivity index (χ1v) is 34.7. The van der Waals surface area contributed by atoms with Gasteiger partial charge in [-0.05, 0) is 200 Å². The molecule has 4 fully saturated rings. The Morgan fingerprint density at radius 1 is 0.325 bits per heavy atom. The van der Waals surface area contributed by atoms with Crippen molar-refractivity contribution in [3.8, 4) is 0 Å². The van der Waals surface area contributed by atoms with Gasteiger partial charge in [-0.1, -0.05) is 84.9 Å². The van der Waals surface area contributed by atoms with Crippen molar-refractivity contribution in [1.29, 1.82) is 0 Å². The Morgan fingerprint density at radius 3 is 0.947 bits per heavy atom. The fraction of sp³-hybridized carbons (Fsp3) is 0.381. The van der Waals surface area contributed by atoms with E-state index in [1.165, 1.54) is 109 Å². The number of pyridine rings is 4. The molecule has 114 heavy (non-hydrogen) atoms. The molecule has 4 aromatic carbocycles. The maximum Gasteiger partial charge on any atom is 0.0737 e. The van der Waals surface area contributed by atoms with E-state index in [2.05, 4.69) is 170 Å². The van der Waals surface area contributed by atoms with E-state index in [0.717, 1.165) is 150 Å². The van der Waals surface area contributed by atoms with Crippen LogP contribution < -0.4 is 31.9 Å². The smallest absolute Gasteiger partial charge is 0.0737 e. The van der Waals surface area contributed by atoms with E-state index in [4.69, 9.17) is 94.3 Å². The van der Waals surface area contributed by atoms with Crippen molar-refractivity contribution in [2.45, 2.75) is 102 Å². The predicted octanol–water partition coefficient (Wildman–Crippen LogP) is 16.2. The van der Waals surface area contributed by atoms with E-state index >= 15 is 0 Å². The average molecular weight is 2340 g/mol. The molecule has 12 rings (SSSR count). The quantitative estimate of drug-likeness (QED) is 0.0235. The molecule has 4 saturated carbocycles. The van der Waals surface area contributed by atoms with Gasteiger partial charge in [-0.2, -0.15) is 0 Å². The zero-order valence-corrected chi connectivity index (χ0v) is 81.0. The molecule has 4 heterocycles. The molecule has 22 nitrogen and oxygen atoms in total. The minimum atomic E-state index is 0. The van der Waals surface area contributed by atoms with Gasteiger partial charge >= 0.3 is 0 Å². The number of nitrogens with one attached hydrogen (secondary N) is 6. The topological polar surface area (TPSA) is 301 Å². The van der Waals surface area contributed by atoms with Crippen LogP contribution in [-0.2, 0) is 130 Å². The van der Waals surface area contributed by atoms with Crippen LogP contribution in [0.25, 0.3) is 43.6 Å². The molecular formula is C84H116Cl4N12O10Re4-16. The molecule has 30 heteroatoms. The first kappa shape index (κ1) is 134. The van der Waals surface area contributed by atoms with Crippen LogP contribution >= 0.6 is 46.4 Å². The van der Waals surface area contributed by atoms with Crippen molar-refractivity contribution >= 4 is 181 Å². The second-order valence-electron chi connectivity index (χ2n) is 24.0. The summed E-state index contributed by atoms with van der Waals surface area (Å²) in [6, 6.07) is 33.0. The Labute approximate surface area is 758 Å². The SMILES string of the molecule is CN(C)CC1CCCC1CNc1ccnc2cc(Cl)ccc12.CN(C)CC1CCCC1NCCNc1ccnc2cc(Cl)ccc12.Clc1ccc2c(NCC3CCCC3)ccnc2c1.Clc1ccc2c(NCCNC3CCCC3)ccnc2c1.[CH-]=O.[CH-]=O.[CH-]=O.[CH-]=O.[CH-]=O.[CH-]=O.[CH-]=O.[CH-]=O.[CH-]=O.[CH-]=O.[CH3-].[CH3-].[CH3-].[CH3-].[CH3-].[CH3-].[Re].[Re].[Re].[Re]. The zero-order chi connectivity index (χ0) is 78.6. The summed E-state index contributed by atoms with van der Waals surface area (Å²) in [6.45, 7) is 40.8. The summed E-state index contributed by atoms with van der Waals surface area (Å²) in [6.07, 6.45) is 26.3. The van der Waals surface area contributed by atoms with E-state index in [9.17, 15) is 0 Å². The maximum atomic E-state index is 7.75. The number of hydrogen-bond acceptors (Lipinski definition) is 22. The van der Waals surface area contributed by atoms with Crippen molar-refractivity contribution in [2.75, 3.05) is 102 Å². The molecule has 4 unspecified atom stereocenters. The summed E-state index contributed by atoms with van der Waals surface area (Å²) in [7, 11) is 8.67. The molecule has 0 amide bonds. The number of nitrogens with zero attached hydrogens (tertiary/aromatic N) is 6. The molecule has 644 valence electrons. The van der Waals surface area contributed by atoms with Gasteiger partial charge < -0.3 is 134 Å². The van der Waals surface area contributed by atoms with Crippen LogP contribution in [0.15, 0.2) is 122 Å². The summed E-state index contributed by atoms with van der Waals surface area (Å²) in [5.74, 6) is 3.19. The Balaban J connectivity index is -0.000000110. The van der Waals surface area contributed by atoms with E-state index < -0.39 is 0 Å². The minimum absolute atomic E-state index is 0. The summed E-state index contributed by atoms with van der Waals surface area (Å²) < 4.78 is 0. The van der Waals surface area contributed by atoms with Gasteiger partial charge in [0.15, 0.2) is 0 Å². The molecule has 0 aliphatic heterocycles. The van der Waals surface area contributed by atoms with Crippen molar-refractivity contribution < 1.29 is 130 Å². The molecule has 4 radical (unpaired) electrons. The minimum Gasteiger partial charge on any atom is -0.545 e. The number of rotatable bonds is 20. The Hall–Kier alpha value is -5.93. The van der Waals surface area contributed by atoms with E-state index in [1.54, 1.807) is 0 Å². The van der Waals surface area contributed by atoms with Gasteiger partial charge in [0.1, 0.15) is 0 Å². The van der Waals surface area contributed by atoms with Gasteiger partial charge in [0, 0.05) is 235 Å². The summed E-state index contributed by atoms with van der Waals surface area (Å²) in [4.78, 5) is 99.6. The van der Waals surface area contributed by atoms with Gasteiger partial charge in [0.25, 0.3) is 0 Å². The first-order chi connectivity index (χ1) is 50.9. The van der Waals surface area contributed by atoms with Gasteiger partial charge in [-0.15, -0.1) is 0 Å². The third-order valence-electron chi connectivity index (χ3n) is 17.2. The van der Waals surface area contributed by atoms with Crippen LogP contribution in [0, 0.1) is 68.2 Å². The van der Waals surface area contributed by atoms with Gasteiger partial charge in [-0.3, -0.25) is 87.8 Å². The number of anilines is 4. The Morgan fingerprint density at radius 2 is 0.605 bits per heavy atom. The second-order valence-corrected chi connectivity index (χ2v) is 25.8. The molecular weight excluding hydrogens is 2220 g/mol. The maximum absolute atomic E-state index is 7.75. The third kappa shape index (κ3) is 50.6. The third-order valence-corrected chi connectivity index (χ3v) is 18.1. The van der Waals surface area contributed by atoms with Gasteiger partial charge in [0.2, 0.25) is 0 Å². The number of carbonyl (C=O) groups excluding carboxylic acids is 10. The molecule has 4 aromatic heterocycles. The van der Waals surface area contributed by atoms with Crippen LogP contribution in [0.1, 0.15) is 89.9 Å². The number of aromatic nitrogens is 4. The standard InChI is InChI=1S/C19H27ClN4.C18H24ClN3.C16H20ClN3.C15H17ClN2.10CHO.6CH3.4Re/c1-24(2)13-14-4-3-5-17(14)22-10-11-23-18-8-9-21-19-12-15(20)6-7-16(18)19;1-22(2)12-14-5-3-4-13(14)11-21-17-8-9-20-18-10-15(19)6-7-16(17)18;17-12-5-6-14-15(7-8-19-16(14)11-12)20-10-9-18-13-3-1-2-4-13;16-12-5-6-13-14(7-8-17-15(13)9-12)18-10-11-3-1-2-4-11;10*1-2;;;;;;;;;;/h6-9,12,14,17,22H,3-5,10-11,13H2,1-2H3,(H,21,23);6-10,13-14H,3-5,11-12H2,1-2H3,(H,20,21);5-8,11,13,18H,1-4,9-10H2,(H,19,20);5-9,11H,1-4,10H2,(H,17,18);10*1H;6*1H3;;;;/q;;;;16*-1;;;;. The van der Waals surface area contributed by atoms with Crippen molar-refractivity contribution in [1.82, 2.24) is 40.4 Å². The van der Waals surface area contributed by atoms with E-state index in [0.29, 0.717) is 6.04 Å².